The molecule has 0 aromatic carbocycles. The summed E-state index contributed by atoms with van der Waals surface area (Å²) < 4.78 is 4.91. The Balaban J connectivity index is 0.000000743. The SMILES string of the molecule is CCCCCCCCCCCCCCCCCCN(C)C.COCCc1ccccn1. The Hall–Kier alpha value is -0.930. The van der Waals surface area contributed by atoms with Crippen molar-refractivity contribution in [3.8, 4) is 0 Å². The number of aromatic nitrogens is 1. The largest absolute Gasteiger partial charge is 0.384 e. The fourth-order valence-corrected chi connectivity index (χ4v) is 3.73. The first-order valence-corrected chi connectivity index (χ1v) is 13.2. The van der Waals surface area contributed by atoms with Gasteiger partial charge in [-0.15, -0.1) is 0 Å². The molecule has 1 aromatic rings. The van der Waals surface area contributed by atoms with Crippen LogP contribution in [0.2, 0.25) is 0 Å². The second-order valence-electron chi connectivity index (χ2n) is 9.17. The quantitative estimate of drug-likeness (QED) is 0.194. The van der Waals surface area contributed by atoms with E-state index in [4.69, 9.17) is 4.74 Å². The summed E-state index contributed by atoms with van der Waals surface area (Å²) in [7, 11) is 6.04. The summed E-state index contributed by atoms with van der Waals surface area (Å²) in [5.74, 6) is 0. The molecule has 1 rings (SSSR count). The lowest BCUT2D eigenvalue weighted by atomic mass is 10.0. The van der Waals surface area contributed by atoms with Gasteiger partial charge < -0.3 is 9.64 Å². The smallest absolute Gasteiger partial charge is 0.0517 e. The average molecular weight is 435 g/mol. The molecule has 0 N–H and O–H groups in total. The topological polar surface area (TPSA) is 25.4 Å². The Bertz CT molecular complexity index is 436. The summed E-state index contributed by atoms with van der Waals surface area (Å²) in [5.41, 5.74) is 1.09. The maximum atomic E-state index is 4.91. The van der Waals surface area contributed by atoms with Crippen LogP contribution in [0.4, 0.5) is 0 Å². The fourth-order valence-electron chi connectivity index (χ4n) is 3.73. The molecule has 0 aliphatic carbocycles. The van der Waals surface area contributed by atoms with E-state index >= 15 is 0 Å². The second-order valence-corrected chi connectivity index (χ2v) is 9.17. The number of nitrogens with zero attached hydrogens (tertiary/aromatic N) is 2. The Kier molecular flexibility index (Phi) is 24.6. The van der Waals surface area contributed by atoms with Crippen molar-refractivity contribution in [3.63, 3.8) is 0 Å². The summed E-state index contributed by atoms with van der Waals surface area (Å²) in [4.78, 5) is 6.43. The van der Waals surface area contributed by atoms with Gasteiger partial charge in [-0.05, 0) is 39.2 Å². The minimum absolute atomic E-state index is 0.747. The third-order valence-corrected chi connectivity index (χ3v) is 5.75. The first-order valence-electron chi connectivity index (χ1n) is 13.2. The highest BCUT2D eigenvalue weighted by molar-refractivity contribution is 5.03. The Labute approximate surface area is 195 Å². The van der Waals surface area contributed by atoms with Gasteiger partial charge in [-0.2, -0.15) is 0 Å². The van der Waals surface area contributed by atoms with Crippen LogP contribution in [0.15, 0.2) is 24.4 Å². The molecule has 31 heavy (non-hydrogen) atoms. The van der Waals surface area contributed by atoms with Crippen LogP contribution < -0.4 is 0 Å². The molecule has 0 aliphatic rings. The van der Waals surface area contributed by atoms with E-state index in [1.54, 1.807) is 13.3 Å². The third-order valence-electron chi connectivity index (χ3n) is 5.75. The van der Waals surface area contributed by atoms with Crippen molar-refractivity contribution in [1.29, 1.82) is 0 Å². The molecule has 3 heteroatoms. The molecule has 0 saturated heterocycles. The third kappa shape index (κ3) is 25.2. The zero-order chi connectivity index (χ0) is 22.8. The van der Waals surface area contributed by atoms with Gasteiger partial charge in [0.1, 0.15) is 0 Å². The normalized spacial score (nSPS) is 10.9. The number of hydrogen-bond acceptors (Lipinski definition) is 3. The van der Waals surface area contributed by atoms with E-state index in [0.29, 0.717) is 0 Å². The van der Waals surface area contributed by atoms with Gasteiger partial charge in [0.05, 0.1) is 6.61 Å². The number of ether oxygens (including phenoxy) is 1. The van der Waals surface area contributed by atoms with E-state index in [9.17, 15) is 0 Å². The van der Waals surface area contributed by atoms with Gasteiger partial charge in [0, 0.05) is 25.4 Å². The van der Waals surface area contributed by atoms with Crippen molar-refractivity contribution in [2.24, 2.45) is 0 Å². The lowest BCUT2D eigenvalue weighted by Crippen LogP contribution is -2.12. The van der Waals surface area contributed by atoms with Gasteiger partial charge in [0.25, 0.3) is 0 Å². The summed E-state index contributed by atoms with van der Waals surface area (Å²) in [5, 5.41) is 0. The van der Waals surface area contributed by atoms with Gasteiger partial charge in [0.15, 0.2) is 0 Å². The monoisotopic (exact) mass is 434 g/mol. The van der Waals surface area contributed by atoms with Crippen LogP contribution in [-0.4, -0.2) is 44.2 Å². The number of pyridine rings is 1. The van der Waals surface area contributed by atoms with Gasteiger partial charge in [0.2, 0.25) is 0 Å². The molecule has 0 aliphatic heterocycles. The molecule has 1 heterocycles. The second kappa shape index (κ2) is 25.3. The maximum Gasteiger partial charge on any atom is 0.0517 e. The maximum absolute atomic E-state index is 4.91. The standard InChI is InChI=1S/C20H43N.C8H11NO/c1-4-5-6-7-8-9-10-11-12-13-14-15-16-17-18-19-20-21(2)3;1-10-7-5-8-4-2-3-6-9-8/h4-20H2,1-3H3;2-4,6H,5,7H2,1H3. The van der Waals surface area contributed by atoms with Crippen molar-refractivity contribution in [2.45, 2.75) is 116 Å². The lowest BCUT2D eigenvalue weighted by Gasteiger charge is -2.08. The molecule has 0 radical (unpaired) electrons. The number of unbranched alkanes of at least 4 members (excludes halogenated alkanes) is 15. The first kappa shape index (κ1) is 30.1. The van der Waals surface area contributed by atoms with Crippen LogP contribution in [0.3, 0.4) is 0 Å². The molecule has 0 amide bonds. The Morgan fingerprint density at radius 3 is 1.58 bits per heavy atom. The van der Waals surface area contributed by atoms with Crippen LogP contribution in [0.25, 0.3) is 0 Å². The fraction of sp³-hybridized carbons (Fsp3) is 0.821. The molecule has 0 spiro atoms. The van der Waals surface area contributed by atoms with E-state index in [0.717, 1.165) is 18.7 Å². The molecule has 0 atom stereocenters. The predicted octanol–water partition coefficient (Wildman–Crippen LogP) is 8.08. The molecule has 3 nitrogen and oxygen atoms in total. The van der Waals surface area contributed by atoms with Crippen LogP contribution in [0.5, 0.6) is 0 Å². The predicted molar refractivity (Wildman–Crippen MR) is 138 cm³/mol. The number of hydrogen-bond donors (Lipinski definition) is 0. The number of rotatable bonds is 20. The van der Waals surface area contributed by atoms with Gasteiger partial charge in [-0.25, -0.2) is 0 Å². The summed E-state index contributed by atoms with van der Waals surface area (Å²) in [6.45, 7) is 4.30. The van der Waals surface area contributed by atoms with E-state index < -0.39 is 0 Å². The van der Waals surface area contributed by atoms with Crippen LogP contribution >= 0.6 is 0 Å². The van der Waals surface area contributed by atoms with Crippen molar-refractivity contribution in [3.05, 3.63) is 30.1 Å². The van der Waals surface area contributed by atoms with Crippen molar-refractivity contribution < 1.29 is 4.74 Å². The molecule has 0 fully saturated rings. The van der Waals surface area contributed by atoms with E-state index in [1.807, 2.05) is 18.2 Å². The van der Waals surface area contributed by atoms with E-state index in [-0.39, 0.29) is 0 Å². The van der Waals surface area contributed by atoms with Gasteiger partial charge in [-0.1, -0.05) is 109 Å². The lowest BCUT2D eigenvalue weighted by molar-refractivity contribution is 0.201. The summed E-state index contributed by atoms with van der Waals surface area (Å²) in [6, 6.07) is 5.90. The minimum Gasteiger partial charge on any atom is -0.384 e. The van der Waals surface area contributed by atoms with Crippen molar-refractivity contribution >= 4 is 0 Å². The molecular formula is C28H54N2O. The van der Waals surface area contributed by atoms with Crippen LogP contribution in [0, 0.1) is 0 Å². The zero-order valence-corrected chi connectivity index (χ0v) is 21.5. The van der Waals surface area contributed by atoms with Gasteiger partial charge in [-0.3, -0.25) is 4.98 Å². The summed E-state index contributed by atoms with van der Waals surface area (Å²) in [6.07, 6.45) is 26.0. The van der Waals surface area contributed by atoms with Crippen LogP contribution in [0.1, 0.15) is 115 Å². The van der Waals surface area contributed by atoms with E-state index in [1.165, 1.54) is 109 Å². The minimum atomic E-state index is 0.747. The highest BCUT2D eigenvalue weighted by Gasteiger charge is 1.95. The first-order chi connectivity index (χ1) is 15.2. The van der Waals surface area contributed by atoms with Crippen molar-refractivity contribution in [2.75, 3.05) is 34.4 Å². The molecule has 1 aromatic heterocycles. The Morgan fingerprint density at radius 1 is 0.710 bits per heavy atom. The van der Waals surface area contributed by atoms with Crippen LogP contribution in [-0.2, 0) is 11.2 Å². The molecule has 0 bridgehead atoms. The molecular weight excluding hydrogens is 380 g/mol. The molecule has 182 valence electrons. The number of methoxy groups -OCH3 is 1. The summed E-state index contributed by atoms with van der Waals surface area (Å²) >= 11 is 0. The molecule has 0 unspecified atom stereocenters. The average Bonchev–Trinajstić information content (AvgIpc) is 2.78. The highest BCUT2D eigenvalue weighted by atomic mass is 16.5. The molecule has 0 saturated carbocycles. The zero-order valence-electron chi connectivity index (χ0n) is 21.5. The highest BCUT2D eigenvalue weighted by Crippen LogP contribution is 2.13. The van der Waals surface area contributed by atoms with Gasteiger partial charge >= 0.3 is 0 Å². The van der Waals surface area contributed by atoms with E-state index in [2.05, 4.69) is 30.9 Å². The Morgan fingerprint density at radius 2 is 1.19 bits per heavy atom. The van der Waals surface area contributed by atoms with Crippen molar-refractivity contribution in [1.82, 2.24) is 9.88 Å².